The summed E-state index contributed by atoms with van der Waals surface area (Å²) in [5.74, 6) is -0.547. The largest absolute Gasteiger partial charge is 0.297 e. The summed E-state index contributed by atoms with van der Waals surface area (Å²) in [5, 5.41) is 5.71. The number of hydroxylamine groups is 2. The molecule has 5 nitrogen and oxygen atoms in total. The number of nitrogens with zero attached hydrogens (tertiary/aromatic N) is 3. The van der Waals surface area contributed by atoms with E-state index in [1.54, 1.807) is 23.9 Å². The number of aromatic nitrogens is 2. The van der Waals surface area contributed by atoms with Crippen LogP contribution < -0.4 is 0 Å². The van der Waals surface area contributed by atoms with Crippen molar-refractivity contribution < 1.29 is 14.0 Å². The van der Waals surface area contributed by atoms with Crippen LogP contribution in [0.2, 0.25) is 0 Å². The summed E-state index contributed by atoms with van der Waals surface area (Å²) in [6.45, 7) is 0. The zero-order chi connectivity index (χ0) is 16.4. The fourth-order valence-corrected chi connectivity index (χ4v) is 2.98. The van der Waals surface area contributed by atoms with Crippen LogP contribution in [0.1, 0.15) is 41.0 Å². The molecule has 1 heterocycles. The molecule has 0 bridgehead atoms. The summed E-state index contributed by atoms with van der Waals surface area (Å²) in [6.07, 6.45) is 4.93. The first-order chi connectivity index (χ1) is 11.1. The van der Waals surface area contributed by atoms with Crippen molar-refractivity contribution in [3.05, 3.63) is 47.0 Å². The minimum Gasteiger partial charge on any atom is -0.274 e. The van der Waals surface area contributed by atoms with E-state index in [9.17, 15) is 9.18 Å². The van der Waals surface area contributed by atoms with Gasteiger partial charge in [0.05, 0.1) is 12.8 Å². The first kappa shape index (κ1) is 15.7. The molecule has 0 radical (unpaired) electrons. The molecular formula is C17H20FN3O2. The minimum absolute atomic E-state index is 0.258. The van der Waals surface area contributed by atoms with Gasteiger partial charge in [0.25, 0.3) is 5.91 Å². The quantitative estimate of drug-likeness (QED) is 0.646. The highest BCUT2D eigenvalue weighted by atomic mass is 19.1. The summed E-state index contributed by atoms with van der Waals surface area (Å²) in [5.41, 5.74) is 3.22. The van der Waals surface area contributed by atoms with Crippen LogP contribution in [-0.4, -0.2) is 34.9 Å². The lowest BCUT2D eigenvalue weighted by molar-refractivity contribution is -0.0761. The fraction of sp³-hybridized carbons (Fsp3) is 0.412. The zero-order valence-corrected chi connectivity index (χ0v) is 13.4. The molecule has 0 saturated carbocycles. The highest BCUT2D eigenvalue weighted by molar-refractivity contribution is 5.93. The smallest absolute Gasteiger partial charge is 0.274 e. The Morgan fingerprint density at radius 3 is 2.61 bits per heavy atom. The lowest BCUT2D eigenvalue weighted by Gasteiger charge is -2.12. The van der Waals surface area contributed by atoms with Gasteiger partial charge in [0.15, 0.2) is 5.69 Å². The SMILES string of the molecule is CON(C)C(=O)c1nn(-c2ccc(F)cc2)c2c1CCCCC2. The van der Waals surface area contributed by atoms with Gasteiger partial charge in [0, 0.05) is 18.3 Å². The summed E-state index contributed by atoms with van der Waals surface area (Å²) in [4.78, 5) is 17.5. The third-order valence-electron chi connectivity index (χ3n) is 4.26. The van der Waals surface area contributed by atoms with E-state index >= 15 is 0 Å². The van der Waals surface area contributed by atoms with E-state index in [-0.39, 0.29) is 11.7 Å². The molecule has 1 aromatic carbocycles. The highest BCUT2D eigenvalue weighted by Crippen LogP contribution is 2.27. The normalized spacial score (nSPS) is 14.2. The van der Waals surface area contributed by atoms with Crippen LogP contribution in [0, 0.1) is 5.82 Å². The number of fused-ring (bicyclic) bond motifs is 1. The number of amides is 1. The predicted octanol–water partition coefficient (Wildman–Crippen LogP) is 2.91. The number of benzene rings is 1. The lowest BCUT2D eigenvalue weighted by Crippen LogP contribution is -2.26. The van der Waals surface area contributed by atoms with E-state index in [0.717, 1.165) is 49.0 Å². The third kappa shape index (κ3) is 2.99. The van der Waals surface area contributed by atoms with E-state index in [4.69, 9.17) is 4.84 Å². The molecule has 2 aromatic rings. The maximum atomic E-state index is 13.2. The second-order valence-electron chi connectivity index (χ2n) is 5.71. The highest BCUT2D eigenvalue weighted by Gasteiger charge is 2.26. The Balaban J connectivity index is 2.11. The van der Waals surface area contributed by atoms with Crippen molar-refractivity contribution in [1.82, 2.24) is 14.8 Å². The number of hydrogen-bond acceptors (Lipinski definition) is 3. The van der Waals surface area contributed by atoms with Crippen molar-refractivity contribution >= 4 is 5.91 Å². The molecule has 0 unspecified atom stereocenters. The Hall–Kier alpha value is -2.21. The molecule has 122 valence electrons. The molecule has 1 aliphatic rings. The maximum Gasteiger partial charge on any atom is 0.297 e. The number of rotatable bonds is 3. The van der Waals surface area contributed by atoms with Crippen molar-refractivity contribution in [3.63, 3.8) is 0 Å². The molecule has 0 aliphatic heterocycles. The van der Waals surface area contributed by atoms with E-state index in [2.05, 4.69) is 5.10 Å². The molecule has 0 saturated heterocycles. The van der Waals surface area contributed by atoms with Crippen LogP contribution in [0.25, 0.3) is 5.69 Å². The summed E-state index contributed by atoms with van der Waals surface area (Å²) >= 11 is 0. The Morgan fingerprint density at radius 1 is 1.22 bits per heavy atom. The first-order valence-electron chi connectivity index (χ1n) is 7.80. The summed E-state index contributed by atoms with van der Waals surface area (Å²) in [7, 11) is 3.02. The lowest BCUT2D eigenvalue weighted by atomic mass is 10.1. The van der Waals surface area contributed by atoms with Gasteiger partial charge in [-0.3, -0.25) is 9.63 Å². The Morgan fingerprint density at radius 2 is 1.91 bits per heavy atom. The Labute approximate surface area is 134 Å². The molecule has 0 N–H and O–H groups in total. The third-order valence-corrected chi connectivity index (χ3v) is 4.26. The summed E-state index contributed by atoms with van der Waals surface area (Å²) in [6, 6.07) is 6.18. The van der Waals surface area contributed by atoms with Gasteiger partial charge < -0.3 is 0 Å². The van der Waals surface area contributed by atoms with Gasteiger partial charge in [-0.25, -0.2) is 14.1 Å². The van der Waals surface area contributed by atoms with Crippen molar-refractivity contribution in [1.29, 1.82) is 0 Å². The van der Waals surface area contributed by atoms with Crippen LogP contribution in [0.3, 0.4) is 0 Å². The average molecular weight is 317 g/mol. The zero-order valence-electron chi connectivity index (χ0n) is 13.4. The minimum atomic E-state index is -0.289. The molecule has 0 fully saturated rings. The van der Waals surface area contributed by atoms with Gasteiger partial charge >= 0.3 is 0 Å². The molecule has 0 atom stereocenters. The molecule has 3 rings (SSSR count). The average Bonchev–Trinajstić information content (AvgIpc) is 2.76. The molecule has 1 aromatic heterocycles. The molecule has 0 spiro atoms. The Bertz CT molecular complexity index is 709. The standard InChI is InChI=1S/C17H20FN3O2/c1-20(23-2)17(22)16-14-6-4-3-5-7-15(14)21(19-16)13-10-8-12(18)9-11-13/h8-11H,3-7H2,1-2H3. The monoisotopic (exact) mass is 317 g/mol. The predicted molar refractivity (Wildman–Crippen MR) is 83.9 cm³/mol. The van der Waals surface area contributed by atoms with Gasteiger partial charge in [-0.05, 0) is 49.9 Å². The van der Waals surface area contributed by atoms with Crippen LogP contribution >= 0.6 is 0 Å². The number of hydrogen-bond donors (Lipinski definition) is 0. The van der Waals surface area contributed by atoms with Crippen LogP contribution in [0.15, 0.2) is 24.3 Å². The second kappa shape index (κ2) is 6.50. The van der Waals surface area contributed by atoms with E-state index in [0.29, 0.717) is 5.69 Å². The van der Waals surface area contributed by atoms with Gasteiger partial charge in [0.2, 0.25) is 0 Å². The van der Waals surface area contributed by atoms with Crippen molar-refractivity contribution in [2.45, 2.75) is 32.1 Å². The van der Waals surface area contributed by atoms with Crippen LogP contribution in [0.5, 0.6) is 0 Å². The second-order valence-corrected chi connectivity index (χ2v) is 5.71. The first-order valence-corrected chi connectivity index (χ1v) is 7.80. The van der Waals surface area contributed by atoms with Gasteiger partial charge in [0.1, 0.15) is 5.82 Å². The van der Waals surface area contributed by atoms with Gasteiger partial charge in [-0.2, -0.15) is 5.10 Å². The van der Waals surface area contributed by atoms with Crippen molar-refractivity contribution in [2.75, 3.05) is 14.2 Å². The fourth-order valence-electron chi connectivity index (χ4n) is 2.98. The molecule has 1 amide bonds. The van der Waals surface area contributed by atoms with E-state index < -0.39 is 0 Å². The maximum absolute atomic E-state index is 13.2. The number of carbonyl (C=O) groups excluding carboxylic acids is 1. The summed E-state index contributed by atoms with van der Waals surface area (Å²) < 4.78 is 15.0. The van der Waals surface area contributed by atoms with E-state index in [1.165, 1.54) is 24.3 Å². The van der Waals surface area contributed by atoms with Gasteiger partial charge in [-0.15, -0.1) is 0 Å². The van der Waals surface area contributed by atoms with Crippen molar-refractivity contribution in [3.8, 4) is 5.69 Å². The number of halogens is 1. The topological polar surface area (TPSA) is 47.4 Å². The van der Waals surface area contributed by atoms with E-state index in [1.807, 2.05) is 0 Å². The van der Waals surface area contributed by atoms with Crippen LogP contribution in [-0.2, 0) is 17.7 Å². The Kier molecular flexibility index (Phi) is 4.43. The molecular weight excluding hydrogens is 297 g/mol. The van der Waals surface area contributed by atoms with Crippen LogP contribution in [0.4, 0.5) is 4.39 Å². The molecule has 23 heavy (non-hydrogen) atoms. The molecule has 6 heteroatoms. The van der Waals surface area contributed by atoms with Gasteiger partial charge in [-0.1, -0.05) is 6.42 Å². The van der Waals surface area contributed by atoms with Crippen molar-refractivity contribution in [2.24, 2.45) is 0 Å². The number of carbonyl (C=O) groups is 1. The molecule has 1 aliphatic carbocycles.